The fraction of sp³-hybridized carbons (Fsp3) is 0.250. The topological polar surface area (TPSA) is 92.8 Å². The van der Waals surface area contributed by atoms with Crippen molar-refractivity contribution in [3.63, 3.8) is 0 Å². The molecule has 1 aliphatic rings. The van der Waals surface area contributed by atoms with Crippen molar-refractivity contribution in [3.8, 4) is 0 Å². The van der Waals surface area contributed by atoms with Crippen LogP contribution < -0.4 is 4.72 Å². The highest BCUT2D eigenvalue weighted by atomic mass is 32.2. The Labute approximate surface area is 195 Å². The molecule has 0 saturated carbocycles. The molecule has 1 aliphatic heterocycles. The third-order valence-electron chi connectivity index (χ3n) is 5.58. The van der Waals surface area contributed by atoms with Crippen LogP contribution in [0.15, 0.2) is 88.7 Å². The third kappa shape index (κ3) is 5.18. The smallest absolute Gasteiger partial charge is 0.265 e. The first-order valence-electron chi connectivity index (χ1n) is 10.6. The van der Waals surface area contributed by atoms with Crippen LogP contribution in [0.3, 0.4) is 0 Å². The molecule has 0 radical (unpaired) electrons. The summed E-state index contributed by atoms with van der Waals surface area (Å²) in [4.78, 5) is 6.12. The second-order valence-corrected chi connectivity index (χ2v) is 11.7. The van der Waals surface area contributed by atoms with Gasteiger partial charge in [0.25, 0.3) is 10.0 Å². The van der Waals surface area contributed by atoms with Gasteiger partial charge in [0.2, 0.25) is 10.0 Å². The van der Waals surface area contributed by atoms with Crippen molar-refractivity contribution in [2.45, 2.75) is 42.2 Å². The van der Waals surface area contributed by atoms with E-state index in [-0.39, 0.29) is 16.3 Å². The lowest BCUT2D eigenvalue weighted by Crippen LogP contribution is -2.42. The molecular weight excluding hydrogens is 460 g/mol. The van der Waals surface area contributed by atoms with Crippen LogP contribution in [0.25, 0.3) is 0 Å². The van der Waals surface area contributed by atoms with Gasteiger partial charge >= 0.3 is 0 Å². The molecule has 0 aromatic heterocycles. The molecule has 4 rings (SSSR count). The van der Waals surface area contributed by atoms with Gasteiger partial charge in [-0.2, -0.15) is 0 Å². The predicted molar refractivity (Wildman–Crippen MR) is 125 cm³/mol. The number of nitrogens with one attached hydrogen (secondary N) is 1. The Kier molecular flexibility index (Phi) is 6.69. The summed E-state index contributed by atoms with van der Waals surface area (Å²) < 4.78 is 55.9. The number of hydrogen-bond acceptors (Lipinski definition) is 5. The second-order valence-electron chi connectivity index (χ2n) is 8.13. The fourth-order valence-electron chi connectivity index (χ4n) is 3.68. The predicted octanol–water partition coefficient (Wildman–Crippen LogP) is 3.72. The Morgan fingerprint density at radius 1 is 0.818 bits per heavy atom. The molecular formula is C24H26N2O5S2. The average molecular weight is 487 g/mol. The third-order valence-corrected chi connectivity index (χ3v) is 8.75. The molecule has 1 N–H and O–H groups in total. The molecule has 9 heteroatoms. The summed E-state index contributed by atoms with van der Waals surface area (Å²) >= 11 is 0. The van der Waals surface area contributed by atoms with Crippen LogP contribution in [-0.2, 0) is 24.9 Å². The molecule has 0 unspecified atom stereocenters. The first-order valence-corrected chi connectivity index (χ1v) is 13.5. The molecule has 0 amide bonds. The normalized spacial score (nSPS) is 19.6. The van der Waals surface area contributed by atoms with Crippen molar-refractivity contribution in [1.82, 2.24) is 9.19 Å². The fourth-order valence-corrected chi connectivity index (χ4v) is 6.21. The van der Waals surface area contributed by atoms with Gasteiger partial charge in [-0.3, -0.25) is 4.84 Å². The quantitative estimate of drug-likeness (QED) is 0.550. The minimum atomic E-state index is -4.01. The van der Waals surface area contributed by atoms with Gasteiger partial charge in [-0.1, -0.05) is 70.2 Å². The van der Waals surface area contributed by atoms with E-state index >= 15 is 0 Å². The van der Waals surface area contributed by atoms with Crippen molar-refractivity contribution in [3.05, 3.63) is 95.6 Å². The number of hydroxylamine groups is 1. The summed E-state index contributed by atoms with van der Waals surface area (Å²) in [5.74, 6) is 0. The summed E-state index contributed by atoms with van der Waals surface area (Å²) in [6.45, 7) is 3.62. The number of hydrogen-bond donors (Lipinski definition) is 1. The van der Waals surface area contributed by atoms with Gasteiger partial charge in [-0.15, -0.1) is 0 Å². The molecule has 1 fully saturated rings. The maximum atomic E-state index is 13.4. The molecule has 174 valence electrons. The Bertz CT molecular complexity index is 1310. The highest BCUT2D eigenvalue weighted by molar-refractivity contribution is 7.89. The zero-order valence-corrected chi connectivity index (χ0v) is 20.0. The monoisotopic (exact) mass is 486 g/mol. The molecule has 2 atom stereocenters. The number of sulfonamides is 2. The van der Waals surface area contributed by atoms with E-state index < -0.39 is 32.2 Å². The van der Waals surface area contributed by atoms with E-state index in [4.69, 9.17) is 4.84 Å². The first kappa shape index (κ1) is 23.6. The summed E-state index contributed by atoms with van der Waals surface area (Å²) in [5.41, 5.74) is 2.70. The molecule has 0 bridgehead atoms. The largest absolute Gasteiger partial charge is 0.275 e. The van der Waals surface area contributed by atoms with Crippen LogP contribution in [0.1, 0.15) is 29.2 Å². The van der Waals surface area contributed by atoms with E-state index in [9.17, 15) is 16.8 Å². The van der Waals surface area contributed by atoms with Crippen LogP contribution in [-0.4, -0.2) is 33.9 Å². The van der Waals surface area contributed by atoms with E-state index in [0.29, 0.717) is 6.42 Å². The van der Waals surface area contributed by atoms with E-state index in [1.165, 1.54) is 24.3 Å². The van der Waals surface area contributed by atoms with Gasteiger partial charge < -0.3 is 0 Å². The Morgan fingerprint density at radius 2 is 1.36 bits per heavy atom. The standard InChI is InChI=1S/C24H26N2O5S2/c1-18-8-12-22(13-9-18)32(27,28)25-17-21-16-24(20-6-4-3-5-7-20)31-26(21)33(29,30)23-14-10-19(2)11-15-23/h3-15,21,24-25H,16-17H2,1-2H3/t21-,24+/m0/s1. The maximum Gasteiger partial charge on any atom is 0.265 e. The van der Waals surface area contributed by atoms with E-state index in [1.54, 1.807) is 24.3 Å². The number of aryl methyl sites for hydroxylation is 2. The van der Waals surface area contributed by atoms with Gasteiger partial charge in [-0.25, -0.2) is 21.6 Å². The summed E-state index contributed by atoms with van der Waals surface area (Å²) in [5, 5.41) is 0. The summed E-state index contributed by atoms with van der Waals surface area (Å²) in [6, 6.07) is 21.5. The molecule has 3 aromatic rings. The number of rotatable bonds is 7. The minimum absolute atomic E-state index is 0.0909. The van der Waals surface area contributed by atoms with Gasteiger partial charge in [0.15, 0.2) is 0 Å². The molecule has 1 saturated heterocycles. The number of nitrogens with zero attached hydrogens (tertiary/aromatic N) is 1. The summed E-state index contributed by atoms with van der Waals surface area (Å²) in [6.07, 6.45) is -0.203. The molecule has 0 spiro atoms. The van der Waals surface area contributed by atoms with E-state index in [2.05, 4.69) is 4.72 Å². The second kappa shape index (κ2) is 9.36. The Balaban J connectivity index is 1.61. The van der Waals surface area contributed by atoms with E-state index in [0.717, 1.165) is 21.2 Å². The molecule has 0 aliphatic carbocycles. The maximum absolute atomic E-state index is 13.4. The molecule has 1 heterocycles. The lowest BCUT2D eigenvalue weighted by Gasteiger charge is -2.22. The number of benzene rings is 3. The lowest BCUT2D eigenvalue weighted by atomic mass is 10.0. The van der Waals surface area contributed by atoms with Crippen molar-refractivity contribution in [1.29, 1.82) is 0 Å². The minimum Gasteiger partial charge on any atom is -0.275 e. The Hall–Kier alpha value is -2.56. The summed E-state index contributed by atoms with van der Waals surface area (Å²) in [7, 11) is -7.82. The van der Waals surface area contributed by atoms with Crippen molar-refractivity contribution >= 4 is 20.0 Å². The van der Waals surface area contributed by atoms with Crippen LogP contribution >= 0.6 is 0 Å². The van der Waals surface area contributed by atoms with Gasteiger partial charge in [0, 0.05) is 13.0 Å². The zero-order chi connectivity index (χ0) is 23.6. The van der Waals surface area contributed by atoms with Gasteiger partial charge in [0.1, 0.15) is 6.10 Å². The van der Waals surface area contributed by atoms with Crippen LogP contribution in [0, 0.1) is 13.8 Å². The van der Waals surface area contributed by atoms with Crippen LogP contribution in [0.4, 0.5) is 0 Å². The van der Waals surface area contributed by atoms with Gasteiger partial charge in [-0.05, 0) is 43.7 Å². The Morgan fingerprint density at radius 3 is 1.94 bits per heavy atom. The van der Waals surface area contributed by atoms with E-state index in [1.807, 2.05) is 44.2 Å². The average Bonchev–Trinajstić information content (AvgIpc) is 3.24. The van der Waals surface area contributed by atoms with Crippen molar-refractivity contribution in [2.24, 2.45) is 0 Å². The molecule has 3 aromatic carbocycles. The molecule has 33 heavy (non-hydrogen) atoms. The van der Waals surface area contributed by atoms with Crippen molar-refractivity contribution in [2.75, 3.05) is 6.54 Å². The lowest BCUT2D eigenvalue weighted by molar-refractivity contribution is -0.0905. The zero-order valence-electron chi connectivity index (χ0n) is 18.4. The first-order chi connectivity index (χ1) is 15.7. The van der Waals surface area contributed by atoms with Gasteiger partial charge in [0.05, 0.1) is 15.8 Å². The van der Waals surface area contributed by atoms with Crippen LogP contribution in [0.5, 0.6) is 0 Å². The molecule has 7 nitrogen and oxygen atoms in total. The van der Waals surface area contributed by atoms with Crippen molar-refractivity contribution < 1.29 is 21.7 Å². The highest BCUT2D eigenvalue weighted by Gasteiger charge is 2.43. The SMILES string of the molecule is Cc1ccc(S(=O)(=O)NC[C@@H]2C[C@H](c3ccccc3)ON2S(=O)(=O)c2ccc(C)cc2)cc1. The van der Waals surface area contributed by atoms with Crippen LogP contribution in [0.2, 0.25) is 0 Å². The highest BCUT2D eigenvalue weighted by Crippen LogP contribution is 2.37.